The average Bonchev–Trinajstić information content (AvgIpc) is 2.79. The van der Waals surface area contributed by atoms with Crippen molar-refractivity contribution in [1.82, 2.24) is 10.6 Å². The summed E-state index contributed by atoms with van der Waals surface area (Å²) in [5.41, 5.74) is -0.346. The minimum absolute atomic E-state index is 0.209. The molecule has 2 N–H and O–H groups in total. The second kappa shape index (κ2) is 7.28. The van der Waals surface area contributed by atoms with Gasteiger partial charge in [0.05, 0.1) is 6.61 Å². The summed E-state index contributed by atoms with van der Waals surface area (Å²) >= 11 is 1.55. The zero-order valence-electron chi connectivity index (χ0n) is 12.4. The molecule has 0 aliphatic rings. The van der Waals surface area contributed by atoms with Crippen LogP contribution in [0.2, 0.25) is 0 Å². The number of nitrogens with one attached hydrogen (secondary N) is 2. The molecule has 1 unspecified atom stereocenters. The number of carbonyl (C=O) groups excluding carboxylic acids is 2. The third-order valence-corrected chi connectivity index (χ3v) is 3.27. The Labute approximate surface area is 123 Å². The van der Waals surface area contributed by atoms with Crippen molar-refractivity contribution >= 4 is 23.3 Å². The molecule has 0 radical (unpaired) electrons. The Morgan fingerprint density at radius 1 is 1.40 bits per heavy atom. The fraction of sp³-hybridized carbons (Fsp3) is 0.571. The Balaban J connectivity index is 2.72. The number of amides is 2. The van der Waals surface area contributed by atoms with E-state index < -0.39 is 12.1 Å². The molecule has 0 spiro atoms. The fourth-order valence-corrected chi connectivity index (χ4v) is 2.36. The van der Waals surface area contributed by atoms with Gasteiger partial charge < -0.3 is 15.4 Å². The SMILES string of the molecule is CCOC(=O)NC(Cc1cccs1)C(=O)NC(C)(C)C. The van der Waals surface area contributed by atoms with Gasteiger partial charge in [-0.1, -0.05) is 6.07 Å². The van der Waals surface area contributed by atoms with E-state index in [-0.39, 0.29) is 18.1 Å². The zero-order valence-corrected chi connectivity index (χ0v) is 13.2. The first-order chi connectivity index (χ1) is 9.31. The van der Waals surface area contributed by atoms with E-state index in [1.54, 1.807) is 18.3 Å². The molecule has 5 nitrogen and oxygen atoms in total. The first kappa shape index (κ1) is 16.5. The molecular weight excluding hydrogens is 276 g/mol. The maximum Gasteiger partial charge on any atom is 0.407 e. The Hall–Kier alpha value is -1.56. The third-order valence-electron chi connectivity index (χ3n) is 2.37. The van der Waals surface area contributed by atoms with Crippen LogP contribution in [-0.2, 0) is 16.0 Å². The first-order valence-corrected chi connectivity index (χ1v) is 7.47. The topological polar surface area (TPSA) is 67.4 Å². The summed E-state index contributed by atoms with van der Waals surface area (Å²) in [6.07, 6.45) is -0.114. The van der Waals surface area contributed by atoms with Crippen LogP contribution >= 0.6 is 11.3 Å². The average molecular weight is 298 g/mol. The summed E-state index contributed by atoms with van der Waals surface area (Å²) in [6.45, 7) is 7.70. The van der Waals surface area contributed by atoms with Crippen LogP contribution in [0.5, 0.6) is 0 Å². The van der Waals surface area contributed by atoms with Crippen molar-refractivity contribution in [1.29, 1.82) is 0 Å². The van der Waals surface area contributed by atoms with Gasteiger partial charge in [-0.05, 0) is 39.1 Å². The number of hydrogen-bond acceptors (Lipinski definition) is 4. The number of ether oxygens (including phenoxy) is 1. The molecule has 1 heterocycles. The van der Waals surface area contributed by atoms with Gasteiger partial charge in [0.15, 0.2) is 0 Å². The Morgan fingerprint density at radius 2 is 2.10 bits per heavy atom. The smallest absolute Gasteiger partial charge is 0.407 e. The van der Waals surface area contributed by atoms with Crippen LogP contribution < -0.4 is 10.6 Å². The maximum atomic E-state index is 12.2. The molecule has 0 aliphatic carbocycles. The van der Waals surface area contributed by atoms with Gasteiger partial charge in [0.2, 0.25) is 5.91 Å². The summed E-state index contributed by atoms with van der Waals surface area (Å²) in [6, 6.07) is 3.23. The number of thiophene rings is 1. The molecule has 1 atom stereocenters. The molecule has 0 fully saturated rings. The Bertz CT molecular complexity index is 438. The molecule has 0 saturated carbocycles. The fourth-order valence-electron chi connectivity index (χ4n) is 1.61. The van der Waals surface area contributed by atoms with E-state index in [0.29, 0.717) is 6.42 Å². The van der Waals surface area contributed by atoms with Crippen LogP contribution in [0.25, 0.3) is 0 Å². The van der Waals surface area contributed by atoms with Crippen LogP contribution in [0.3, 0.4) is 0 Å². The van der Waals surface area contributed by atoms with Crippen molar-refractivity contribution in [3.8, 4) is 0 Å². The van der Waals surface area contributed by atoms with Gasteiger partial charge in [-0.25, -0.2) is 4.79 Å². The first-order valence-electron chi connectivity index (χ1n) is 6.59. The van der Waals surface area contributed by atoms with Crippen LogP contribution in [0.4, 0.5) is 4.79 Å². The predicted octanol–water partition coefficient (Wildman–Crippen LogP) is 2.32. The number of hydrogen-bond donors (Lipinski definition) is 2. The number of alkyl carbamates (subject to hydrolysis) is 1. The second-order valence-electron chi connectivity index (χ2n) is 5.44. The normalized spacial score (nSPS) is 12.6. The van der Waals surface area contributed by atoms with Crippen LogP contribution in [-0.4, -0.2) is 30.2 Å². The lowest BCUT2D eigenvalue weighted by molar-refractivity contribution is -0.124. The molecule has 20 heavy (non-hydrogen) atoms. The van der Waals surface area contributed by atoms with Crippen LogP contribution in [0, 0.1) is 0 Å². The predicted molar refractivity (Wildman–Crippen MR) is 79.9 cm³/mol. The van der Waals surface area contributed by atoms with Crippen LogP contribution in [0.1, 0.15) is 32.6 Å². The third kappa shape index (κ3) is 6.06. The summed E-state index contributed by atoms with van der Waals surface area (Å²) < 4.78 is 4.85. The van der Waals surface area contributed by atoms with Crippen molar-refractivity contribution in [3.05, 3.63) is 22.4 Å². The summed E-state index contributed by atoms with van der Waals surface area (Å²) in [5, 5.41) is 7.43. The molecular formula is C14H22N2O3S. The van der Waals surface area contributed by atoms with Crippen molar-refractivity contribution in [3.63, 3.8) is 0 Å². The standard InChI is InChI=1S/C14H22N2O3S/c1-5-19-13(18)15-11(9-10-7-6-8-20-10)12(17)16-14(2,3)4/h6-8,11H,5,9H2,1-4H3,(H,15,18)(H,16,17). The molecule has 2 amide bonds. The minimum atomic E-state index is -0.632. The largest absolute Gasteiger partial charge is 0.450 e. The Morgan fingerprint density at radius 3 is 2.60 bits per heavy atom. The van der Waals surface area contributed by atoms with Gasteiger partial charge in [-0.3, -0.25) is 4.79 Å². The number of rotatable bonds is 5. The lowest BCUT2D eigenvalue weighted by Gasteiger charge is -2.25. The quantitative estimate of drug-likeness (QED) is 0.876. The molecule has 1 aromatic heterocycles. The van der Waals surface area contributed by atoms with E-state index in [0.717, 1.165) is 4.88 Å². The highest BCUT2D eigenvalue weighted by atomic mass is 32.1. The molecule has 6 heteroatoms. The van der Waals surface area contributed by atoms with E-state index in [1.165, 1.54) is 0 Å². The van der Waals surface area contributed by atoms with E-state index in [4.69, 9.17) is 4.74 Å². The highest BCUT2D eigenvalue weighted by molar-refractivity contribution is 7.09. The summed E-state index contributed by atoms with van der Waals surface area (Å²) in [4.78, 5) is 24.8. The number of carbonyl (C=O) groups is 2. The second-order valence-corrected chi connectivity index (χ2v) is 6.47. The van der Waals surface area contributed by atoms with E-state index in [1.807, 2.05) is 38.3 Å². The van der Waals surface area contributed by atoms with Crippen molar-refractivity contribution in [2.24, 2.45) is 0 Å². The molecule has 0 aromatic carbocycles. The van der Waals surface area contributed by atoms with Gasteiger partial charge in [-0.15, -0.1) is 11.3 Å². The van der Waals surface area contributed by atoms with E-state index in [2.05, 4.69) is 10.6 Å². The summed E-state index contributed by atoms with van der Waals surface area (Å²) in [5.74, 6) is -0.209. The highest BCUT2D eigenvalue weighted by Crippen LogP contribution is 2.12. The van der Waals surface area contributed by atoms with Gasteiger partial charge in [0, 0.05) is 16.8 Å². The van der Waals surface area contributed by atoms with E-state index in [9.17, 15) is 9.59 Å². The van der Waals surface area contributed by atoms with Crippen LogP contribution in [0.15, 0.2) is 17.5 Å². The Kier molecular flexibility index (Phi) is 6.01. The van der Waals surface area contributed by atoms with Gasteiger partial charge in [0.25, 0.3) is 0 Å². The lowest BCUT2D eigenvalue weighted by atomic mass is 10.1. The minimum Gasteiger partial charge on any atom is -0.450 e. The summed E-state index contributed by atoms with van der Waals surface area (Å²) in [7, 11) is 0. The lowest BCUT2D eigenvalue weighted by Crippen LogP contribution is -2.53. The van der Waals surface area contributed by atoms with Gasteiger partial charge in [-0.2, -0.15) is 0 Å². The van der Waals surface area contributed by atoms with Crippen molar-refractivity contribution in [2.45, 2.75) is 45.7 Å². The highest BCUT2D eigenvalue weighted by Gasteiger charge is 2.25. The molecule has 0 saturated heterocycles. The zero-order chi connectivity index (χ0) is 15.2. The van der Waals surface area contributed by atoms with Gasteiger partial charge in [0.1, 0.15) is 6.04 Å². The molecule has 1 rings (SSSR count). The van der Waals surface area contributed by atoms with Crippen molar-refractivity contribution in [2.75, 3.05) is 6.61 Å². The monoisotopic (exact) mass is 298 g/mol. The molecule has 0 aliphatic heterocycles. The van der Waals surface area contributed by atoms with E-state index >= 15 is 0 Å². The molecule has 112 valence electrons. The molecule has 0 bridgehead atoms. The van der Waals surface area contributed by atoms with Gasteiger partial charge >= 0.3 is 6.09 Å². The molecule has 1 aromatic rings. The van der Waals surface area contributed by atoms with Crippen molar-refractivity contribution < 1.29 is 14.3 Å². The maximum absolute atomic E-state index is 12.2.